The molecule has 0 unspecified atom stereocenters. The quantitative estimate of drug-likeness (QED) is 0.460. The van der Waals surface area contributed by atoms with Gasteiger partial charge in [-0.1, -0.05) is 24.3 Å². The number of nitrogens with zero attached hydrogens (tertiary/aromatic N) is 1. The molecule has 0 heterocycles. The van der Waals surface area contributed by atoms with E-state index in [2.05, 4.69) is 20.6 Å². The summed E-state index contributed by atoms with van der Waals surface area (Å²) >= 11 is 5.18. The topological polar surface area (TPSA) is 54.9 Å². The van der Waals surface area contributed by atoms with E-state index in [0.29, 0.717) is 22.7 Å². The maximum absolute atomic E-state index is 12.5. The van der Waals surface area contributed by atoms with Crippen LogP contribution in [0.15, 0.2) is 53.6 Å². The van der Waals surface area contributed by atoms with Crippen molar-refractivity contribution >= 4 is 28.7 Å². The Hall–Kier alpha value is -2.74. The summed E-state index contributed by atoms with van der Waals surface area (Å²) in [6.45, 7) is -1.25. The molecule has 5 nitrogen and oxygen atoms in total. The molecule has 0 aliphatic carbocycles. The number of alkyl halides is 2. The molecule has 0 atom stereocenters. The second kappa shape index (κ2) is 8.93. The van der Waals surface area contributed by atoms with E-state index >= 15 is 0 Å². The summed E-state index contributed by atoms with van der Waals surface area (Å²) in [6, 6.07) is 13.7. The molecule has 2 aromatic carbocycles. The molecule has 0 aliphatic rings. The van der Waals surface area contributed by atoms with Crippen molar-refractivity contribution in [2.75, 3.05) is 12.4 Å². The van der Waals surface area contributed by atoms with Gasteiger partial charge in [-0.05, 0) is 43.4 Å². The largest absolute Gasteiger partial charge is 0.495 e. The van der Waals surface area contributed by atoms with E-state index in [1.165, 1.54) is 6.07 Å². The van der Waals surface area contributed by atoms with Gasteiger partial charge in [0, 0.05) is 5.56 Å². The Balaban J connectivity index is 2.07. The highest BCUT2D eigenvalue weighted by atomic mass is 32.1. The molecule has 0 amide bonds. The van der Waals surface area contributed by atoms with Gasteiger partial charge in [0.15, 0.2) is 5.11 Å². The zero-order valence-electron chi connectivity index (χ0n) is 13.6. The van der Waals surface area contributed by atoms with Gasteiger partial charge < -0.3 is 14.8 Å². The van der Waals surface area contributed by atoms with Gasteiger partial charge in [-0.2, -0.15) is 13.9 Å². The molecule has 0 aliphatic heterocycles. The molecule has 0 saturated carbocycles. The van der Waals surface area contributed by atoms with Crippen molar-refractivity contribution in [2.45, 2.75) is 13.5 Å². The Bertz CT molecular complexity index is 769. The maximum atomic E-state index is 12.5. The lowest BCUT2D eigenvalue weighted by molar-refractivity contribution is -0.0499. The van der Waals surface area contributed by atoms with Gasteiger partial charge in [0.2, 0.25) is 0 Å². The first-order chi connectivity index (χ1) is 12.0. The Morgan fingerprint density at radius 1 is 1.08 bits per heavy atom. The van der Waals surface area contributed by atoms with Crippen LogP contribution >= 0.6 is 12.2 Å². The molecule has 25 heavy (non-hydrogen) atoms. The van der Waals surface area contributed by atoms with Crippen molar-refractivity contribution in [3.05, 3.63) is 54.1 Å². The van der Waals surface area contributed by atoms with Crippen LogP contribution < -0.4 is 20.2 Å². The fraction of sp³-hybridized carbons (Fsp3) is 0.176. The number of methoxy groups -OCH3 is 1. The highest BCUT2D eigenvalue weighted by Gasteiger charge is 2.11. The molecule has 8 heteroatoms. The number of ether oxygens (including phenoxy) is 2. The molecule has 132 valence electrons. The zero-order valence-corrected chi connectivity index (χ0v) is 14.4. The van der Waals surface area contributed by atoms with Gasteiger partial charge >= 0.3 is 6.61 Å². The van der Waals surface area contributed by atoms with Crippen LogP contribution in [0.2, 0.25) is 0 Å². The minimum absolute atomic E-state index is 0.0455. The van der Waals surface area contributed by atoms with E-state index in [1.807, 2.05) is 12.1 Å². The van der Waals surface area contributed by atoms with E-state index in [1.54, 1.807) is 44.4 Å². The van der Waals surface area contributed by atoms with Crippen LogP contribution in [0.3, 0.4) is 0 Å². The molecule has 0 aromatic heterocycles. The predicted octanol–water partition coefficient (Wildman–Crippen LogP) is 4.01. The van der Waals surface area contributed by atoms with Crippen LogP contribution in [0.4, 0.5) is 14.5 Å². The van der Waals surface area contributed by atoms with Crippen LogP contribution in [0.1, 0.15) is 12.5 Å². The van der Waals surface area contributed by atoms with Gasteiger partial charge in [-0.25, -0.2) is 0 Å². The number of rotatable bonds is 6. The molecule has 0 fully saturated rings. The fourth-order valence-electron chi connectivity index (χ4n) is 2.06. The van der Waals surface area contributed by atoms with Crippen LogP contribution in [0, 0.1) is 0 Å². The second-order valence-corrected chi connectivity index (χ2v) is 5.25. The standard InChI is InChI=1S/C17H17F2N3O2S/c1-11(12-7-3-5-9-14(12)24-16(18)19)21-22-17(25)20-13-8-4-6-10-15(13)23-2/h3-10,16H,1-2H3,(H2,20,22,25)/b21-11-. The molecule has 0 spiro atoms. The molecular weight excluding hydrogens is 348 g/mol. The maximum Gasteiger partial charge on any atom is 0.387 e. The van der Waals surface area contributed by atoms with Crippen molar-refractivity contribution in [3.63, 3.8) is 0 Å². The van der Waals surface area contributed by atoms with Crippen LogP contribution in [0.5, 0.6) is 11.5 Å². The zero-order chi connectivity index (χ0) is 18.2. The van der Waals surface area contributed by atoms with E-state index in [9.17, 15) is 8.78 Å². The number of anilines is 1. The van der Waals surface area contributed by atoms with Crippen molar-refractivity contribution < 1.29 is 18.3 Å². The number of nitrogens with one attached hydrogen (secondary N) is 2. The third-order valence-electron chi connectivity index (χ3n) is 3.17. The van der Waals surface area contributed by atoms with Gasteiger partial charge in [-0.15, -0.1) is 0 Å². The molecule has 2 aromatic rings. The number of thiocarbonyl (C=S) groups is 1. The van der Waals surface area contributed by atoms with E-state index in [0.717, 1.165) is 0 Å². The molecular formula is C17H17F2N3O2S. The smallest absolute Gasteiger partial charge is 0.387 e. The van der Waals surface area contributed by atoms with Gasteiger partial charge in [0.1, 0.15) is 11.5 Å². The molecule has 0 radical (unpaired) electrons. The first-order valence-electron chi connectivity index (χ1n) is 7.29. The number of para-hydroxylation sites is 3. The van der Waals surface area contributed by atoms with E-state index < -0.39 is 6.61 Å². The van der Waals surface area contributed by atoms with Gasteiger partial charge in [0.25, 0.3) is 0 Å². The molecule has 2 N–H and O–H groups in total. The monoisotopic (exact) mass is 365 g/mol. The minimum Gasteiger partial charge on any atom is -0.495 e. The SMILES string of the molecule is COc1ccccc1NC(=S)N/N=C(/C)c1ccccc1OC(F)F. The van der Waals surface area contributed by atoms with E-state index in [-0.39, 0.29) is 10.9 Å². The number of hydrogen-bond donors (Lipinski definition) is 2. The van der Waals surface area contributed by atoms with Gasteiger partial charge in [-0.3, -0.25) is 5.43 Å². The average Bonchev–Trinajstić information content (AvgIpc) is 2.60. The highest BCUT2D eigenvalue weighted by Crippen LogP contribution is 2.23. The Morgan fingerprint density at radius 3 is 2.40 bits per heavy atom. The first-order valence-corrected chi connectivity index (χ1v) is 7.70. The number of hydrazone groups is 1. The Kier molecular flexibility index (Phi) is 6.64. The van der Waals surface area contributed by atoms with Crippen LogP contribution in [-0.4, -0.2) is 24.5 Å². The van der Waals surface area contributed by atoms with Crippen molar-refractivity contribution in [3.8, 4) is 11.5 Å². The summed E-state index contributed by atoms with van der Waals surface area (Å²) in [4.78, 5) is 0. The molecule has 0 bridgehead atoms. The minimum atomic E-state index is -2.91. The third kappa shape index (κ3) is 5.39. The summed E-state index contributed by atoms with van der Waals surface area (Å²) in [5.74, 6) is 0.673. The lowest BCUT2D eigenvalue weighted by Gasteiger charge is -2.12. The first kappa shape index (κ1) is 18.6. The third-order valence-corrected chi connectivity index (χ3v) is 3.37. The predicted molar refractivity (Wildman–Crippen MR) is 97.6 cm³/mol. The van der Waals surface area contributed by atoms with Gasteiger partial charge in [0.05, 0.1) is 18.5 Å². The summed E-state index contributed by atoms with van der Waals surface area (Å²) in [5, 5.41) is 7.30. The number of halogens is 2. The highest BCUT2D eigenvalue weighted by molar-refractivity contribution is 7.80. The van der Waals surface area contributed by atoms with Crippen molar-refractivity contribution in [2.24, 2.45) is 5.10 Å². The molecule has 0 saturated heterocycles. The lowest BCUT2D eigenvalue weighted by Crippen LogP contribution is -2.25. The summed E-state index contributed by atoms with van der Waals surface area (Å²) in [5.41, 5.74) is 4.23. The summed E-state index contributed by atoms with van der Waals surface area (Å²) < 4.78 is 34.7. The fourth-order valence-corrected chi connectivity index (χ4v) is 2.21. The Morgan fingerprint density at radius 2 is 1.72 bits per heavy atom. The van der Waals surface area contributed by atoms with Crippen molar-refractivity contribution in [1.29, 1.82) is 0 Å². The number of benzene rings is 2. The normalized spacial score (nSPS) is 11.2. The molecule has 2 rings (SSSR count). The van der Waals surface area contributed by atoms with E-state index in [4.69, 9.17) is 17.0 Å². The lowest BCUT2D eigenvalue weighted by atomic mass is 10.1. The second-order valence-electron chi connectivity index (χ2n) is 4.84. The van der Waals surface area contributed by atoms with Crippen LogP contribution in [0.25, 0.3) is 0 Å². The Labute approximate surface area is 149 Å². The number of hydrogen-bond acceptors (Lipinski definition) is 4. The van der Waals surface area contributed by atoms with Crippen LogP contribution in [-0.2, 0) is 0 Å². The summed E-state index contributed by atoms with van der Waals surface area (Å²) in [6.07, 6.45) is 0. The van der Waals surface area contributed by atoms with Crippen molar-refractivity contribution in [1.82, 2.24) is 5.43 Å². The average molecular weight is 365 g/mol. The summed E-state index contributed by atoms with van der Waals surface area (Å²) in [7, 11) is 1.55.